The minimum atomic E-state index is -0.710. The lowest BCUT2D eigenvalue weighted by molar-refractivity contribution is -0.150. The van der Waals surface area contributed by atoms with Crippen molar-refractivity contribution in [3.05, 3.63) is 84.5 Å². The summed E-state index contributed by atoms with van der Waals surface area (Å²) >= 11 is 0. The van der Waals surface area contributed by atoms with Crippen LogP contribution in [0.3, 0.4) is 0 Å². The van der Waals surface area contributed by atoms with Gasteiger partial charge in [0.1, 0.15) is 23.4 Å². The van der Waals surface area contributed by atoms with Crippen LogP contribution in [0, 0.1) is 0 Å². The molecule has 0 radical (unpaired) electrons. The molecule has 2 aromatic rings. The summed E-state index contributed by atoms with van der Waals surface area (Å²) in [6.45, 7) is 8.70. The molecule has 8 heteroatoms. The fourth-order valence-corrected chi connectivity index (χ4v) is 3.57. The summed E-state index contributed by atoms with van der Waals surface area (Å²) in [5.41, 5.74) is 0.951. The standard InChI is InChI=1S/C30H30O8/c1-20(2)29(33)37-26-16-14-24(15-17-26)35-27(31)18-11-22-9-12-25(13-10-22)38-30(34)21(3)19-28(32)36-23-7-5-4-6-8-23/h9-18,23H,1,3-8,19H2,2H3/b18-11+. The Morgan fingerprint density at radius 3 is 1.89 bits per heavy atom. The van der Waals surface area contributed by atoms with E-state index in [2.05, 4.69) is 13.2 Å². The SMILES string of the molecule is C=C(C)C(=O)Oc1ccc(OC(=O)/C=C/c2ccc(OC(=O)C(=C)CC(=O)OC3CCCCC3)cc2)cc1. The van der Waals surface area contributed by atoms with Crippen LogP contribution >= 0.6 is 0 Å². The first-order chi connectivity index (χ1) is 18.2. The van der Waals surface area contributed by atoms with Gasteiger partial charge in [-0.25, -0.2) is 14.4 Å². The smallest absolute Gasteiger partial charge is 0.339 e. The molecule has 198 valence electrons. The fourth-order valence-electron chi connectivity index (χ4n) is 3.57. The maximum absolute atomic E-state index is 12.3. The Morgan fingerprint density at radius 2 is 1.32 bits per heavy atom. The zero-order valence-electron chi connectivity index (χ0n) is 21.3. The fraction of sp³-hybridized carbons (Fsp3) is 0.267. The Labute approximate surface area is 221 Å². The molecule has 0 heterocycles. The molecule has 0 aliphatic heterocycles. The summed E-state index contributed by atoms with van der Waals surface area (Å²) < 4.78 is 21.0. The van der Waals surface area contributed by atoms with E-state index in [4.69, 9.17) is 18.9 Å². The highest BCUT2D eigenvalue weighted by Crippen LogP contribution is 2.22. The van der Waals surface area contributed by atoms with Gasteiger partial charge in [-0.05, 0) is 80.6 Å². The van der Waals surface area contributed by atoms with Crippen molar-refractivity contribution in [2.24, 2.45) is 0 Å². The second-order valence-electron chi connectivity index (χ2n) is 8.88. The summed E-state index contributed by atoms with van der Waals surface area (Å²) in [4.78, 5) is 48.0. The molecule has 0 spiro atoms. The molecule has 3 rings (SSSR count). The first-order valence-electron chi connectivity index (χ1n) is 12.3. The van der Waals surface area contributed by atoms with Gasteiger partial charge in [0, 0.05) is 17.2 Å². The highest BCUT2D eigenvalue weighted by atomic mass is 16.6. The van der Waals surface area contributed by atoms with E-state index < -0.39 is 23.9 Å². The van der Waals surface area contributed by atoms with Crippen LogP contribution in [0.15, 0.2) is 78.9 Å². The lowest BCUT2D eigenvalue weighted by Gasteiger charge is -2.21. The molecule has 0 amide bonds. The predicted octanol–water partition coefficient (Wildman–Crippen LogP) is 5.51. The molecule has 2 aromatic carbocycles. The van der Waals surface area contributed by atoms with Gasteiger partial charge in [0.2, 0.25) is 0 Å². The Hall–Kier alpha value is -4.46. The van der Waals surface area contributed by atoms with Crippen LogP contribution in [0.25, 0.3) is 6.08 Å². The van der Waals surface area contributed by atoms with Gasteiger partial charge in [0.25, 0.3) is 0 Å². The first kappa shape index (κ1) is 28.1. The minimum Gasteiger partial charge on any atom is -0.462 e. The average molecular weight is 519 g/mol. The van der Waals surface area contributed by atoms with Gasteiger partial charge in [-0.3, -0.25) is 4.79 Å². The summed E-state index contributed by atoms with van der Waals surface area (Å²) in [6, 6.07) is 12.4. The Bertz CT molecular complexity index is 1220. The Kier molecular flexibility index (Phi) is 10.2. The number of carbonyl (C=O) groups excluding carboxylic acids is 4. The number of esters is 4. The number of hydrogen-bond donors (Lipinski definition) is 0. The van der Waals surface area contributed by atoms with E-state index in [0.717, 1.165) is 32.1 Å². The van der Waals surface area contributed by atoms with Crippen molar-refractivity contribution in [1.82, 2.24) is 0 Å². The molecule has 1 aliphatic carbocycles. The monoisotopic (exact) mass is 518 g/mol. The lowest BCUT2D eigenvalue weighted by Crippen LogP contribution is -2.22. The number of carbonyl (C=O) groups is 4. The zero-order valence-corrected chi connectivity index (χ0v) is 21.3. The van der Waals surface area contributed by atoms with Crippen molar-refractivity contribution in [2.45, 2.75) is 51.6 Å². The van der Waals surface area contributed by atoms with E-state index in [9.17, 15) is 19.2 Å². The van der Waals surface area contributed by atoms with Gasteiger partial charge >= 0.3 is 23.9 Å². The van der Waals surface area contributed by atoms with Gasteiger partial charge < -0.3 is 18.9 Å². The number of hydrogen-bond acceptors (Lipinski definition) is 8. The molecule has 1 aliphatic rings. The van der Waals surface area contributed by atoms with Gasteiger partial charge in [0.05, 0.1) is 6.42 Å². The maximum Gasteiger partial charge on any atom is 0.339 e. The third-order valence-electron chi connectivity index (χ3n) is 5.60. The van der Waals surface area contributed by atoms with E-state index in [1.54, 1.807) is 31.2 Å². The molecular weight excluding hydrogens is 488 g/mol. The van der Waals surface area contributed by atoms with Crippen LogP contribution in [0.4, 0.5) is 0 Å². The molecule has 0 unspecified atom stereocenters. The predicted molar refractivity (Wildman–Crippen MR) is 140 cm³/mol. The van der Waals surface area contributed by atoms with Crippen molar-refractivity contribution in [3.63, 3.8) is 0 Å². The second-order valence-corrected chi connectivity index (χ2v) is 8.88. The van der Waals surface area contributed by atoms with Crippen molar-refractivity contribution in [3.8, 4) is 17.2 Å². The maximum atomic E-state index is 12.3. The Balaban J connectivity index is 1.44. The van der Waals surface area contributed by atoms with Crippen LogP contribution in [-0.2, 0) is 23.9 Å². The van der Waals surface area contributed by atoms with Gasteiger partial charge in [0.15, 0.2) is 0 Å². The molecule has 0 bridgehead atoms. The molecule has 0 aromatic heterocycles. The summed E-state index contributed by atoms with van der Waals surface area (Å²) in [7, 11) is 0. The van der Waals surface area contributed by atoms with E-state index >= 15 is 0 Å². The number of rotatable bonds is 10. The molecule has 38 heavy (non-hydrogen) atoms. The lowest BCUT2D eigenvalue weighted by atomic mass is 9.98. The largest absolute Gasteiger partial charge is 0.462 e. The van der Waals surface area contributed by atoms with Crippen molar-refractivity contribution < 1.29 is 38.1 Å². The third kappa shape index (κ3) is 9.20. The third-order valence-corrected chi connectivity index (χ3v) is 5.60. The van der Waals surface area contributed by atoms with Crippen LogP contribution in [-0.4, -0.2) is 30.0 Å². The molecule has 0 saturated heterocycles. The van der Waals surface area contributed by atoms with Crippen LogP contribution in [0.5, 0.6) is 17.2 Å². The van der Waals surface area contributed by atoms with E-state index in [1.165, 1.54) is 36.4 Å². The van der Waals surface area contributed by atoms with Crippen molar-refractivity contribution >= 4 is 30.0 Å². The molecule has 0 N–H and O–H groups in total. The molecule has 1 saturated carbocycles. The molecule has 1 fully saturated rings. The summed E-state index contributed by atoms with van der Waals surface area (Å²) in [6.07, 6.45) is 7.41. The van der Waals surface area contributed by atoms with Crippen LogP contribution < -0.4 is 14.2 Å². The van der Waals surface area contributed by atoms with Gasteiger partial charge in [-0.2, -0.15) is 0 Å². The van der Waals surface area contributed by atoms with E-state index in [-0.39, 0.29) is 35.2 Å². The quantitative estimate of drug-likeness (QED) is 0.230. The van der Waals surface area contributed by atoms with Gasteiger partial charge in [-0.1, -0.05) is 31.7 Å². The summed E-state index contributed by atoms with van der Waals surface area (Å²) in [5.74, 6) is -1.49. The van der Waals surface area contributed by atoms with E-state index in [1.807, 2.05) is 0 Å². The van der Waals surface area contributed by atoms with Gasteiger partial charge in [-0.15, -0.1) is 0 Å². The Morgan fingerprint density at radius 1 is 0.789 bits per heavy atom. The second kappa shape index (κ2) is 13.7. The van der Waals surface area contributed by atoms with E-state index in [0.29, 0.717) is 11.3 Å². The normalized spacial score (nSPS) is 13.4. The minimum absolute atomic E-state index is 0.0135. The topological polar surface area (TPSA) is 105 Å². The first-order valence-corrected chi connectivity index (χ1v) is 12.3. The van der Waals surface area contributed by atoms with Crippen LogP contribution in [0.1, 0.15) is 51.0 Å². The highest BCUT2D eigenvalue weighted by Gasteiger charge is 2.20. The summed E-state index contributed by atoms with van der Waals surface area (Å²) in [5, 5.41) is 0. The zero-order chi connectivity index (χ0) is 27.5. The van der Waals surface area contributed by atoms with Crippen LogP contribution in [0.2, 0.25) is 0 Å². The highest BCUT2D eigenvalue weighted by molar-refractivity contribution is 5.94. The van der Waals surface area contributed by atoms with Crippen molar-refractivity contribution in [2.75, 3.05) is 0 Å². The number of ether oxygens (including phenoxy) is 4. The molecular formula is C30H30O8. The molecule has 0 atom stereocenters. The number of benzene rings is 2. The van der Waals surface area contributed by atoms with Crippen molar-refractivity contribution in [1.29, 1.82) is 0 Å². The molecule has 8 nitrogen and oxygen atoms in total. The average Bonchev–Trinajstić information content (AvgIpc) is 2.89.